The van der Waals surface area contributed by atoms with E-state index < -0.39 is 27.7 Å². The molecule has 7 nitrogen and oxygen atoms in total. The number of nitrogens with one attached hydrogen (secondary N) is 1. The molecule has 2 aromatic carbocycles. The van der Waals surface area contributed by atoms with Crippen LogP contribution in [0.1, 0.15) is 56.2 Å². The predicted molar refractivity (Wildman–Crippen MR) is 132 cm³/mol. The number of benzene rings is 2. The number of aryl methyl sites for hydroxylation is 3. The van der Waals surface area contributed by atoms with Crippen molar-refractivity contribution < 1.29 is 22.4 Å². The molecule has 0 unspecified atom stereocenters. The second kappa shape index (κ2) is 11.0. The van der Waals surface area contributed by atoms with E-state index in [0.29, 0.717) is 24.0 Å². The fourth-order valence-corrected chi connectivity index (χ4v) is 5.00. The lowest BCUT2D eigenvalue weighted by molar-refractivity contribution is -0.136. The Morgan fingerprint density at radius 3 is 2.41 bits per heavy atom. The summed E-state index contributed by atoms with van der Waals surface area (Å²) in [7, 11) is -3.92. The summed E-state index contributed by atoms with van der Waals surface area (Å²) >= 11 is 0. The van der Waals surface area contributed by atoms with E-state index in [1.54, 1.807) is 31.2 Å². The molecule has 0 saturated carbocycles. The molecule has 0 aliphatic rings. The summed E-state index contributed by atoms with van der Waals surface area (Å²) in [5.74, 6) is -0.482. The van der Waals surface area contributed by atoms with Crippen molar-refractivity contribution in [2.45, 2.75) is 70.7 Å². The highest BCUT2D eigenvalue weighted by atomic mass is 32.2. The minimum Gasteiger partial charge on any atom is -0.425 e. The maximum atomic E-state index is 13.1. The summed E-state index contributed by atoms with van der Waals surface area (Å²) in [5, 5.41) is 0.793. The van der Waals surface area contributed by atoms with Crippen LogP contribution in [0.2, 0.25) is 0 Å². The number of esters is 1. The van der Waals surface area contributed by atoms with E-state index in [4.69, 9.17) is 9.15 Å². The van der Waals surface area contributed by atoms with Gasteiger partial charge in [-0.2, -0.15) is 4.72 Å². The maximum absolute atomic E-state index is 13.1. The van der Waals surface area contributed by atoms with Gasteiger partial charge in [0.2, 0.25) is 10.0 Å². The van der Waals surface area contributed by atoms with Crippen LogP contribution in [0.15, 0.2) is 56.6 Å². The molecule has 0 radical (unpaired) electrons. The highest BCUT2D eigenvalue weighted by molar-refractivity contribution is 7.89. The fraction of sp³-hybridized carbons (Fsp3) is 0.385. The average molecular weight is 486 g/mol. The van der Waals surface area contributed by atoms with Gasteiger partial charge in [-0.05, 0) is 56.5 Å². The molecule has 3 aromatic rings. The third kappa shape index (κ3) is 5.93. The van der Waals surface area contributed by atoms with Crippen molar-refractivity contribution in [1.82, 2.24) is 4.72 Å². The predicted octanol–water partition coefficient (Wildman–Crippen LogP) is 4.81. The quantitative estimate of drug-likeness (QED) is 0.251. The van der Waals surface area contributed by atoms with E-state index >= 15 is 0 Å². The van der Waals surface area contributed by atoms with Crippen LogP contribution in [0.3, 0.4) is 0 Å². The van der Waals surface area contributed by atoms with Crippen molar-refractivity contribution in [3.63, 3.8) is 0 Å². The molecule has 0 saturated heterocycles. The first-order valence-electron chi connectivity index (χ1n) is 11.5. The van der Waals surface area contributed by atoms with Crippen molar-refractivity contribution in [3.8, 4) is 5.75 Å². The van der Waals surface area contributed by atoms with Crippen LogP contribution in [-0.4, -0.2) is 20.4 Å². The van der Waals surface area contributed by atoms with E-state index in [9.17, 15) is 18.0 Å². The number of unbranched alkanes of at least 4 members (excludes halogenated alkanes) is 1. The molecule has 0 aliphatic carbocycles. The van der Waals surface area contributed by atoms with Gasteiger partial charge in [-0.15, -0.1) is 0 Å². The zero-order chi connectivity index (χ0) is 24.9. The maximum Gasteiger partial charge on any atom is 0.336 e. The van der Waals surface area contributed by atoms with Gasteiger partial charge in [0.25, 0.3) is 0 Å². The van der Waals surface area contributed by atoms with Gasteiger partial charge in [0, 0.05) is 17.0 Å². The van der Waals surface area contributed by atoms with E-state index in [-0.39, 0.29) is 10.6 Å². The molecular weight excluding hydrogens is 454 g/mol. The number of hydrogen-bond donors (Lipinski definition) is 1. The third-order valence-corrected chi connectivity index (χ3v) is 7.17. The first-order chi connectivity index (χ1) is 16.2. The molecule has 1 aromatic heterocycles. The Hall–Kier alpha value is -2.97. The van der Waals surface area contributed by atoms with Gasteiger partial charge >= 0.3 is 11.6 Å². The fourth-order valence-electron chi connectivity index (χ4n) is 3.78. The number of hydrogen-bond acceptors (Lipinski definition) is 6. The van der Waals surface area contributed by atoms with Gasteiger partial charge < -0.3 is 9.15 Å². The summed E-state index contributed by atoms with van der Waals surface area (Å²) in [4.78, 5) is 25.2. The summed E-state index contributed by atoms with van der Waals surface area (Å²) in [6.07, 6.45) is 3.32. The second-order valence-corrected chi connectivity index (χ2v) is 10.2. The first-order valence-corrected chi connectivity index (χ1v) is 13.0. The Labute approximate surface area is 200 Å². The molecule has 182 valence electrons. The highest BCUT2D eigenvalue weighted by Crippen LogP contribution is 2.29. The summed E-state index contributed by atoms with van der Waals surface area (Å²) in [6.45, 7) is 7.56. The standard InChI is InChI=1S/C26H31NO6S/c1-5-7-9-22(27-34(30,31)20-12-10-17(3)11-13-20)26(29)32-23-15-14-21-19(8-6-2)16-24(28)33-25(21)18(23)4/h10-16,22,27H,5-9H2,1-4H3/t22-/m0/s1. The minimum absolute atomic E-state index is 0.0829. The van der Waals surface area contributed by atoms with Gasteiger partial charge in [0.15, 0.2) is 0 Å². The Morgan fingerprint density at radius 1 is 1.06 bits per heavy atom. The second-order valence-electron chi connectivity index (χ2n) is 8.46. The van der Waals surface area contributed by atoms with Crippen molar-refractivity contribution in [1.29, 1.82) is 0 Å². The highest BCUT2D eigenvalue weighted by Gasteiger charge is 2.28. The Bertz CT molecular complexity index is 1330. The lowest BCUT2D eigenvalue weighted by Gasteiger charge is -2.18. The molecule has 0 aliphatic heterocycles. The van der Waals surface area contributed by atoms with Crippen LogP contribution in [0.5, 0.6) is 5.75 Å². The van der Waals surface area contributed by atoms with Crippen molar-refractivity contribution in [2.75, 3.05) is 0 Å². The normalized spacial score (nSPS) is 12.6. The number of carbonyl (C=O) groups excluding carboxylic acids is 1. The number of sulfonamides is 1. The molecule has 34 heavy (non-hydrogen) atoms. The van der Waals surface area contributed by atoms with Crippen LogP contribution in [-0.2, 0) is 21.2 Å². The van der Waals surface area contributed by atoms with Crippen LogP contribution < -0.4 is 15.1 Å². The Balaban J connectivity index is 1.90. The van der Waals surface area contributed by atoms with Crippen molar-refractivity contribution in [3.05, 3.63) is 69.6 Å². The van der Waals surface area contributed by atoms with Gasteiger partial charge in [0.1, 0.15) is 17.4 Å². The summed E-state index contributed by atoms with van der Waals surface area (Å²) in [5.41, 5.74) is 2.22. The summed E-state index contributed by atoms with van der Waals surface area (Å²) < 4.78 is 39.3. The number of carbonyl (C=O) groups is 1. The van der Waals surface area contributed by atoms with E-state index in [2.05, 4.69) is 4.72 Å². The van der Waals surface area contributed by atoms with E-state index in [1.165, 1.54) is 18.2 Å². The lowest BCUT2D eigenvalue weighted by atomic mass is 10.0. The molecule has 0 amide bonds. The smallest absolute Gasteiger partial charge is 0.336 e. The molecule has 0 fully saturated rings. The largest absolute Gasteiger partial charge is 0.425 e. The number of ether oxygens (including phenoxy) is 1. The van der Waals surface area contributed by atoms with Crippen LogP contribution in [0.4, 0.5) is 0 Å². The zero-order valence-electron chi connectivity index (χ0n) is 20.0. The number of rotatable bonds is 10. The molecule has 1 N–H and O–H groups in total. The van der Waals surface area contributed by atoms with Crippen LogP contribution in [0, 0.1) is 13.8 Å². The van der Waals surface area contributed by atoms with Gasteiger partial charge in [-0.3, -0.25) is 0 Å². The van der Waals surface area contributed by atoms with Gasteiger partial charge in [-0.1, -0.05) is 50.8 Å². The van der Waals surface area contributed by atoms with E-state index in [1.807, 2.05) is 20.8 Å². The molecule has 0 spiro atoms. The molecule has 3 rings (SSSR count). The first kappa shape index (κ1) is 25.6. The Morgan fingerprint density at radius 2 is 1.76 bits per heavy atom. The Kier molecular flexibility index (Phi) is 8.28. The van der Waals surface area contributed by atoms with Crippen molar-refractivity contribution >= 4 is 27.0 Å². The van der Waals surface area contributed by atoms with Gasteiger partial charge in [0.05, 0.1) is 4.90 Å². The van der Waals surface area contributed by atoms with Crippen LogP contribution >= 0.6 is 0 Å². The molecule has 0 bridgehead atoms. The van der Waals surface area contributed by atoms with Crippen LogP contribution in [0.25, 0.3) is 11.0 Å². The zero-order valence-corrected chi connectivity index (χ0v) is 20.8. The SMILES string of the molecule is CCCC[C@H](NS(=O)(=O)c1ccc(C)cc1)C(=O)Oc1ccc2c(CCC)cc(=O)oc2c1C. The molecule has 1 heterocycles. The van der Waals surface area contributed by atoms with Gasteiger partial charge in [-0.25, -0.2) is 18.0 Å². The topological polar surface area (TPSA) is 103 Å². The monoisotopic (exact) mass is 485 g/mol. The van der Waals surface area contributed by atoms with E-state index in [0.717, 1.165) is 35.8 Å². The molecule has 8 heteroatoms. The summed E-state index contributed by atoms with van der Waals surface area (Å²) in [6, 6.07) is 10.3. The lowest BCUT2D eigenvalue weighted by Crippen LogP contribution is -2.43. The number of fused-ring (bicyclic) bond motifs is 1. The minimum atomic E-state index is -3.92. The molecule has 1 atom stereocenters. The molecular formula is C26H31NO6S. The average Bonchev–Trinajstić information content (AvgIpc) is 2.79. The van der Waals surface area contributed by atoms with Crippen molar-refractivity contribution in [2.24, 2.45) is 0 Å². The third-order valence-electron chi connectivity index (χ3n) is 5.69.